The fraction of sp³-hybridized carbons (Fsp3) is 0.182. The molecule has 1 heterocycles. The Hall–Kier alpha value is -2.55. The number of hydrogen-bond acceptors (Lipinski definition) is 7. The monoisotopic (exact) mass is 313 g/mol. The number of ether oxygens (including phenoxy) is 1. The first-order valence-corrected chi connectivity index (χ1v) is 5.95. The first kappa shape index (κ1) is 14.9. The second-order valence-electron chi connectivity index (χ2n) is 4.05. The van der Waals surface area contributed by atoms with Gasteiger partial charge in [0.25, 0.3) is 0 Å². The van der Waals surface area contributed by atoms with Crippen LogP contribution >= 0.6 is 11.6 Å². The number of rotatable bonds is 4. The lowest BCUT2D eigenvalue weighted by atomic mass is 10.3. The molecule has 0 amide bonds. The van der Waals surface area contributed by atoms with E-state index in [1.807, 2.05) is 0 Å². The Balaban J connectivity index is 2.42. The van der Waals surface area contributed by atoms with Crippen molar-refractivity contribution >= 4 is 23.2 Å². The van der Waals surface area contributed by atoms with Gasteiger partial charge in [0.15, 0.2) is 0 Å². The van der Waals surface area contributed by atoms with Crippen molar-refractivity contribution in [1.82, 2.24) is 15.0 Å². The molecular formula is C11H9ClFN5O3. The zero-order chi connectivity index (χ0) is 15.6. The zero-order valence-electron chi connectivity index (χ0n) is 10.9. The van der Waals surface area contributed by atoms with Crippen LogP contribution in [0.25, 0.3) is 0 Å². The Labute approximate surface area is 123 Å². The average molecular weight is 314 g/mol. The fourth-order valence-electron chi connectivity index (χ4n) is 1.39. The van der Waals surface area contributed by atoms with Crippen LogP contribution in [0.4, 0.5) is 16.0 Å². The quantitative estimate of drug-likeness (QED) is 0.632. The number of nitrogens with zero attached hydrogens (tertiary/aromatic N) is 5. The van der Waals surface area contributed by atoms with E-state index in [2.05, 4.69) is 15.0 Å². The highest BCUT2D eigenvalue weighted by Gasteiger charge is 2.19. The second-order valence-corrected chi connectivity index (χ2v) is 4.39. The summed E-state index contributed by atoms with van der Waals surface area (Å²) in [6.07, 6.45) is 0. The smallest absolute Gasteiger partial charge is 0.328 e. The molecular weight excluding hydrogens is 305 g/mol. The minimum atomic E-state index is -0.704. The highest BCUT2D eigenvalue weighted by atomic mass is 35.5. The van der Waals surface area contributed by atoms with E-state index in [0.717, 1.165) is 18.2 Å². The van der Waals surface area contributed by atoms with E-state index < -0.39 is 16.4 Å². The summed E-state index contributed by atoms with van der Waals surface area (Å²) in [7, 11) is 3.33. The lowest BCUT2D eigenvalue weighted by Gasteiger charge is -2.11. The van der Waals surface area contributed by atoms with Gasteiger partial charge in [-0.25, -0.2) is 4.39 Å². The standard InChI is InChI=1S/C11H9ClFN5O3/c1-17(2)10-14-9(12)15-11(16-10)21-8-5-6(13)3-4-7(8)18(19)20/h3-5H,1-2H3. The molecule has 0 saturated heterocycles. The molecule has 0 radical (unpaired) electrons. The first-order chi connectivity index (χ1) is 9.86. The van der Waals surface area contributed by atoms with Crippen molar-refractivity contribution in [2.45, 2.75) is 0 Å². The van der Waals surface area contributed by atoms with Crippen LogP contribution in [-0.4, -0.2) is 34.0 Å². The summed E-state index contributed by atoms with van der Waals surface area (Å²) >= 11 is 5.72. The van der Waals surface area contributed by atoms with Gasteiger partial charge in [0.2, 0.25) is 17.0 Å². The van der Waals surface area contributed by atoms with Gasteiger partial charge >= 0.3 is 11.7 Å². The minimum absolute atomic E-state index is 0.150. The van der Waals surface area contributed by atoms with E-state index in [-0.39, 0.29) is 23.0 Å². The van der Waals surface area contributed by atoms with E-state index >= 15 is 0 Å². The van der Waals surface area contributed by atoms with Gasteiger partial charge in [-0.1, -0.05) is 0 Å². The van der Waals surface area contributed by atoms with E-state index in [0.29, 0.717) is 0 Å². The SMILES string of the molecule is CN(C)c1nc(Cl)nc(Oc2cc(F)ccc2[N+](=O)[O-])n1. The maximum Gasteiger partial charge on any atom is 0.328 e. The third-order valence-electron chi connectivity index (χ3n) is 2.30. The molecule has 0 atom stereocenters. The molecule has 21 heavy (non-hydrogen) atoms. The maximum atomic E-state index is 13.2. The van der Waals surface area contributed by atoms with Gasteiger partial charge < -0.3 is 9.64 Å². The Morgan fingerprint density at radius 1 is 1.33 bits per heavy atom. The summed E-state index contributed by atoms with van der Waals surface area (Å²) in [6, 6.07) is 2.54. The van der Waals surface area contributed by atoms with E-state index in [1.54, 1.807) is 19.0 Å². The van der Waals surface area contributed by atoms with Gasteiger partial charge in [0.1, 0.15) is 5.82 Å². The minimum Gasteiger partial charge on any atom is -0.417 e. The number of halogens is 2. The summed E-state index contributed by atoms with van der Waals surface area (Å²) in [4.78, 5) is 23.2. The molecule has 0 bridgehead atoms. The van der Waals surface area contributed by atoms with Crippen LogP contribution in [0.1, 0.15) is 0 Å². The highest BCUT2D eigenvalue weighted by Crippen LogP contribution is 2.31. The normalized spacial score (nSPS) is 10.3. The van der Waals surface area contributed by atoms with Gasteiger partial charge in [-0.15, -0.1) is 0 Å². The van der Waals surface area contributed by atoms with Crippen molar-refractivity contribution in [1.29, 1.82) is 0 Å². The number of anilines is 1. The molecule has 0 N–H and O–H groups in total. The Morgan fingerprint density at radius 3 is 2.67 bits per heavy atom. The van der Waals surface area contributed by atoms with Crippen LogP contribution in [0.2, 0.25) is 5.28 Å². The molecule has 10 heteroatoms. The molecule has 0 aliphatic carbocycles. The molecule has 110 valence electrons. The maximum absolute atomic E-state index is 13.2. The van der Waals surface area contributed by atoms with Crippen molar-refractivity contribution in [2.75, 3.05) is 19.0 Å². The fourth-order valence-corrected chi connectivity index (χ4v) is 1.53. The van der Waals surface area contributed by atoms with Crippen molar-refractivity contribution in [3.05, 3.63) is 39.4 Å². The highest BCUT2D eigenvalue weighted by molar-refractivity contribution is 6.28. The summed E-state index contributed by atoms with van der Waals surface area (Å²) in [5, 5.41) is 10.7. The Bertz CT molecular complexity index is 698. The molecule has 1 aromatic heterocycles. The van der Waals surface area contributed by atoms with Crippen molar-refractivity contribution in [3.63, 3.8) is 0 Å². The van der Waals surface area contributed by atoms with E-state index in [1.165, 1.54) is 0 Å². The Kier molecular flexibility index (Phi) is 4.13. The van der Waals surface area contributed by atoms with Crippen LogP contribution in [0, 0.1) is 15.9 Å². The van der Waals surface area contributed by atoms with Crippen molar-refractivity contribution < 1.29 is 14.1 Å². The number of nitro groups is 1. The number of nitro benzene ring substituents is 1. The average Bonchev–Trinajstić information content (AvgIpc) is 2.37. The van der Waals surface area contributed by atoms with Crippen LogP contribution in [0.5, 0.6) is 11.8 Å². The Morgan fingerprint density at radius 2 is 2.05 bits per heavy atom. The molecule has 2 aromatic rings. The molecule has 1 aromatic carbocycles. The largest absolute Gasteiger partial charge is 0.417 e. The van der Waals surface area contributed by atoms with Crippen LogP contribution < -0.4 is 9.64 Å². The predicted molar refractivity (Wildman–Crippen MR) is 72.3 cm³/mol. The van der Waals surface area contributed by atoms with Crippen LogP contribution in [0.3, 0.4) is 0 Å². The molecule has 0 saturated carbocycles. The molecule has 0 aliphatic heterocycles. The zero-order valence-corrected chi connectivity index (χ0v) is 11.7. The van der Waals surface area contributed by atoms with Gasteiger partial charge in [-0.2, -0.15) is 15.0 Å². The summed E-state index contributed by atoms with van der Waals surface area (Å²) in [6.45, 7) is 0. The predicted octanol–water partition coefficient (Wildman–Crippen LogP) is 2.43. The second kappa shape index (κ2) is 5.83. The van der Waals surface area contributed by atoms with E-state index in [4.69, 9.17) is 16.3 Å². The lowest BCUT2D eigenvalue weighted by Crippen LogP contribution is -2.13. The van der Waals surface area contributed by atoms with Crippen LogP contribution in [0.15, 0.2) is 18.2 Å². The topological polar surface area (TPSA) is 94.3 Å². The molecule has 0 unspecified atom stereocenters. The molecule has 0 aliphatic rings. The third-order valence-corrected chi connectivity index (χ3v) is 2.46. The lowest BCUT2D eigenvalue weighted by molar-refractivity contribution is -0.385. The van der Waals surface area contributed by atoms with Gasteiger partial charge in [0.05, 0.1) is 4.92 Å². The molecule has 2 rings (SSSR count). The van der Waals surface area contributed by atoms with Gasteiger partial charge in [0, 0.05) is 26.2 Å². The number of aromatic nitrogens is 3. The summed E-state index contributed by atoms with van der Waals surface area (Å²) < 4.78 is 18.4. The van der Waals surface area contributed by atoms with Gasteiger partial charge in [-0.05, 0) is 17.7 Å². The third kappa shape index (κ3) is 3.51. The van der Waals surface area contributed by atoms with E-state index in [9.17, 15) is 14.5 Å². The summed E-state index contributed by atoms with van der Waals surface area (Å²) in [5.74, 6) is -0.820. The van der Waals surface area contributed by atoms with Crippen LogP contribution in [-0.2, 0) is 0 Å². The number of hydrogen-bond donors (Lipinski definition) is 0. The first-order valence-electron chi connectivity index (χ1n) is 5.57. The van der Waals surface area contributed by atoms with Crippen molar-refractivity contribution in [3.8, 4) is 11.8 Å². The summed E-state index contributed by atoms with van der Waals surface area (Å²) in [5.41, 5.74) is -0.417. The van der Waals surface area contributed by atoms with Crippen molar-refractivity contribution in [2.24, 2.45) is 0 Å². The molecule has 0 spiro atoms. The number of benzene rings is 1. The molecule has 8 nitrogen and oxygen atoms in total. The van der Waals surface area contributed by atoms with Gasteiger partial charge in [-0.3, -0.25) is 10.1 Å². The molecule has 0 fully saturated rings.